The molecular formula is C14H22N4S. The van der Waals surface area contributed by atoms with Crippen LogP contribution in [0.4, 0.5) is 0 Å². The number of nitrogens with one attached hydrogen (secondary N) is 1. The van der Waals surface area contributed by atoms with E-state index < -0.39 is 0 Å². The summed E-state index contributed by atoms with van der Waals surface area (Å²) < 4.78 is 1.95. The Hall–Kier alpha value is -1.20. The predicted molar refractivity (Wildman–Crippen MR) is 79.5 cm³/mol. The monoisotopic (exact) mass is 278 g/mol. The molecule has 0 aromatic carbocycles. The first kappa shape index (κ1) is 14.2. The zero-order valence-corrected chi connectivity index (χ0v) is 13.3. The Labute approximate surface area is 118 Å². The molecule has 0 aliphatic rings. The minimum Gasteiger partial charge on any atom is -0.301 e. The Morgan fingerprint density at radius 1 is 1.21 bits per heavy atom. The summed E-state index contributed by atoms with van der Waals surface area (Å²) in [6.45, 7) is 10.6. The summed E-state index contributed by atoms with van der Waals surface area (Å²) in [5.41, 5.74) is 3.62. The fourth-order valence-corrected chi connectivity index (χ4v) is 3.30. The maximum atomic E-state index is 4.48. The molecule has 0 aliphatic carbocycles. The van der Waals surface area contributed by atoms with Crippen LogP contribution in [0.25, 0.3) is 0 Å². The molecule has 2 heterocycles. The van der Waals surface area contributed by atoms with Gasteiger partial charge in [0.2, 0.25) is 0 Å². The molecule has 0 bridgehead atoms. The average Bonchev–Trinajstić information content (AvgIpc) is 2.84. The van der Waals surface area contributed by atoms with Crippen LogP contribution in [0.15, 0.2) is 6.20 Å². The van der Waals surface area contributed by atoms with E-state index in [2.05, 4.69) is 50.0 Å². The van der Waals surface area contributed by atoms with Gasteiger partial charge in [0.15, 0.2) is 0 Å². The summed E-state index contributed by atoms with van der Waals surface area (Å²) in [5.74, 6) is 0. The van der Waals surface area contributed by atoms with E-state index in [-0.39, 0.29) is 12.1 Å². The molecule has 4 nitrogen and oxygen atoms in total. The highest BCUT2D eigenvalue weighted by atomic mass is 32.1. The molecule has 0 amide bonds. The highest BCUT2D eigenvalue weighted by Crippen LogP contribution is 2.25. The second-order valence-corrected chi connectivity index (χ2v) is 6.39. The summed E-state index contributed by atoms with van der Waals surface area (Å²) in [5, 5.41) is 9.24. The van der Waals surface area contributed by atoms with E-state index in [0.29, 0.717) is 0 Å². The largest absolute Gasteiger partial charge is 0.301 e. The van der Waals surface area contributed by atoms with Crippen LogP contribution < -0.4 is 5.32 Å². The van der Waals surface area contributed by atoms with Crippen LogP contribution >= 0.6 is 11.3 Å². The first-order chi connectivity index (χ1) is 8.90. The maximum Gasteiger partial charge on any atom is 0.109 e. The van der Waals surface area contributed by atoms with Crippen molar-refractivity contribution < 1.29 is 0 Å². The highest BCUT2D eigenvalue weighted by molar-refractivity contribution is 7.11. The third-order valence-electron chi connectivity index (χ3n) is 3.51. The van der Waals surface area contributed by atoms with E-state index in [1.54, 1.807) is 11.3 Å². The zero-order valence-electron chi connectivity index (χ0n) is 12.5. The number of aromatic nitrogens is 3. The topological polar surface area (TPSA) is 42.7 Å². The van der Waals surface area contributed by atoms with E-state index in [1.807, 2.05) is 17.9 Å². The number of rotatable bonds is 4. The van der Waals surface area contributed by atoms with Gasteiger partial charge in [-0.1, -0.05) is 0 Å². The molecule has 0 aliphatic heterocycles. The molecule has 0 fully saturated rings. The van der Waals surface area contributed by atoms with Gasteiger partial charge in [0.1, 0.15) is 5.01 Å². The summed E-state index contributed by atoms with van der Waals surface area (Å²) in [4.78, 5) is 5.70. The van der Waals surface area contributed by atoms with E-state index in [4.69, 9.17) is 0 Å². The van der Waals surface area contributed by atoms with Crippen LogP contribution in [-0.2, 0) is 7.05 Å². The lowest BCUT2D eigenvalue weighted by Crippen LogP contribution is -2.23. The SMILES string of the molecule is Cc1cnc(C(C)NC(C)c2c(C)nn(C)c2C)s1. The standard InChI is InChI=1S/C14H22N4S/c1-8-7-15-14(19-8)11(4)16-9(2)13-10(3)17-18(6)12(13)5/h7,9,11,16H,1-6H3. The second-order valence-electron chi connectivity index (χ2n) is 5.13. The summed E-state index contributed by atoms with van der Waals surface area (Å²) in [6.07, 6.45) is 1.93. The van der Waals surface area contributed by atoms with Gasteiger partial charge < -0.3 is 5.32 Å². The molecule has 2 rings (SSSR count). The first-order valence-corrected chi connectivity index (χ1v) is 7.40. The molecule has 19 heavy (non-hydrogen) atoms. The van der Waals surface area contributed by atoms with Crippen LogP contribution in [0.5, 0.6) is 0 Å². The van der Waals surface area contributed by atoms with Gasteiger partial charge in [-0.2, -0.15) is 5.10 Å². The first-order valence-electron chi connectivity index (χ1n) is 6.58. The Kier molecular flexibility index (Phi) is 4.06. The van der Waals surface area contributed by atoms with Crippen LogP contribution in [0, 0.1) is 20.8 Å². The number of aryl methyl sites for hydroxylation is 3. The van der Waals surface area contributed by atoms with Gasteiger partial charge in [-0.15, -0.1) is 11.3 Å². The van der Waals surface area contributed by atoms with Gasteiger partial charge in [-0.05, 0) is 34.6 Å². The van der Waals surface area contributed by atoms with E-state index in [9.17, 15) is 0 Å². The number of nitrogens with zero attached hydrogens (tertiary/aromatic N) is 3. The van der Waals surface area contributed by atoms with Crippen LogP contribution in [-0.4, -0.2) is 14.8 Å². The predicted octanol–water partition coefficient (Wildman–Crippen LogP) is 3.21. The second kappa shape index (κ2) is 5.43. The summed E-state index contributed by atoms with van der Waals surface area (Å²) in [7, 11) is 1.99. The number of hydrogen-bond acceptors (Lipinski definition) is 4. The lowest BCUT2D eigenvalue weighted by atomic mass is 10.1. The molecule has 2 unspecified atom stereocenters. The highest BCUT2D eigenvalue weighted by Gasteiger charge is 2.19. The van der Waals surface area contributed by atoms with Gasteiger partial charge in [0.05, 0.1) is 11.7 Å². The van der Waals surface area contributed by atoms with Gasteiger partial charge in [-0.25, -0.2) is 4.98 Å². The summed E-state index contributed by atoms with van der Waals surface area (Å²) >= 11 is 1.75. The van der Waals surface area contributed by atoms with Gasteiger partial charge in [0, 0.05) is 35.4 Å². The maximum absolute atomic E-state index is 4.48. The quantitative estimate of drug-likeness (QED) is 0.934. The Morgan fingerprint density at radius 2 is 1.89 bits per heavy atom. The van der Waals surface area contributed by atoms with Crippen molar-refractivity contribution in [1.29, 1.82) is 0 Å². The lowest BCUT2D eigenvalue weighted by Gasteiger charge is -2.19. The molecule has 0 radical (unpaired) electrons. The fourth-order valence-electron chi connectivity index (χ4n) is 2.52. The molecule has 104 valence electrons. The Balaban J connectivity index is 2.14. The zero-order chi connectivity index (χ0) is 14.2. The lowest BCUT2D eigenvalue weighted by molar-refractivity contribution is 0.489. The molecule has 5 heteroatoms. The fraction of sp³-hybridized carbons (Fsp3) is 0.571. The van der Waals surface area contributed by atoms with Crippen molar-refractivity contribution in [1.82, 2.24) is 20.1 Å². The summed E-state index contributed by atoms with van der Waals surface area (Å²) in [6, 6.07) is 0.528. The molecule has 0 spiro atoms. The van der Waals surface area contributed by atoms with E-state index >= 15 is 0 Å². The Bertz CT molecular complexity index is 570. The molecule has 2 aromatic heterocycles. The van der Waals surface area contributed by atoms with Gasteiger partial charge in [-0.3, -0.25) is 4.68 Å². The van der Waals surface area contributed by atoms with Crippen LogP contribution in [0.3, 0.4) is 0 Å². The van der Waals surface area contributed by atoms with Crippen molar-refractivity contribution in [2.75, 3.05) is 0 Å². The minimum absolute atomic E-state index is 0.257. The van der Waals surface area contributed by atoms with Crippen molar-refractivity contribution in [3.8, 4) is 0 Å². The molecular weight excluding hydrogens is 256 g/mol. The molecule has 2 atom stereocenters. The average molecular weight is 278 g/mol. The van der Waals surface area contributed by atoms with Crippen molar-refractivity contribution in [3.05, 3.63) is 33.0 Å². The number of thiazole rings is 1. The Morgan fingerprint density at radius 3 is 2.37 bits per heavy atom. The molecule has 1 N–H and O–H groups in total. The molecule has 0 saturated carbocycles. The van der Waals surface area contributed by atoms with Crippen molar-refractivity contribution in [3.63, 3.8) is 0 Å². The van der Waals surface area contributed by atoms with Crippen LogP contribution in [0.2, 0.25) is 0 Å². The molecule has 0 saturated heterocycles. The number of hydrogen-bond donors (Lipinski definition) is 1. The van der Waals surface area contributed by atoms with Gasteiger partial charge >= 0.3 is 0 Å². The van der Waals surface area contributed by atoms with Crippen molar-refractivity contribution in [2.24, 2.45) is 7.05 Å². The van der Waals surface area contributed by atoms with E-state index in [0.717, 1.165) is 10.7 Å². The third kappa shape index (κ3) is 2.87. The smallest absolute Gasteiger partial charge is 0.109 e. The third-order valence-corrected chi connectivity index (χ3v) is 4.60. The molecule has 2 aromatic rings. The van der Waals surface area contributed by atoms with Gasteiger partial charge in [0.25, 0.3) is 0 Å². The van der Waals surface area contributed by atoms with Crippen LogP contribution in [0.1, 0.15) is 52.8 Å². The minimum atomic E-state index is 0.257. The van der Waals surface area contributed by atoms with E-state index in [1.165, 1.54) is 16.1 Å². The normalized spacial score (nSPS) is 14.6. The van der Waals surface area contributed by atoms with Crippen molar-refractivity contribution in [2.45, 2.75) is 46.7 Å². The van der Waals surface area contributed by atoms with Crippen molar-refractivity contribution >= 4 is 11.3 Å².